The number of benzene rings is 1. The molecule has 0 saturated heterocycles. The van der Waals surface area contributed by atoms with Crippen molar-refractivity contribution in [1.29, 1.82) is 0 Å². The quantitative estimate of drug-likeness (QED) is 0.629. The summed E-state index contributed by atoms with van der Waals surface area (Å²) < 4.78 is 2.45. The van der Waals surface area contributed by atoms with Crippen molar-refractivity contribution in [3.8, 4) is 0 Å². The summed E-state index contributed by atoms with van der Waals surface area (Å²) in [5.41, 5.74) is 6.63. The third-order valence-electron chi connectivity index (χ3n) is 1.83. The van der Waals surface area contributed by atoms with E-state index in [4.69, 9.17) is 5.73 Å². The molecule has 0 saturated carbocycles. The van der Waals surface area contributed by atoms with Gasteiger partial charge in [0.1, 0.15) is 0 Å². The predicted molar refractivity (Wildman–Crippen MR) is 65.7 cm³/mol. The third kappa shape index (κ3) is 1.58. The van der Waals surface area contributed by atoms with E-state index in [1.54, 1.807) is 23.1 Å². The molecule has 1 aromatic carbocycles. The Balaban J connectivity index is 2.84. The van der Waals surface area contributed by atoms with Crippen molar-refractivity contribution in [3.63, 3.8) is 0 Å². The number of nitrogen functional groups attached to an aromatic ring is 1. The standard InChI is InChI=1S/C9H8BrNS2/c1-12-8-3-5(11)2-6-7(10)4-13-9(6)8/h2-4H,11H2,1H3. The highest BCUT2D eigenvalue weighted by Gasteiger charge is 2.06. The Hall–Kier alpha value is -0.190. The molecule has 0 aliphatic rings. The molecule has 0 fully saturated rings. The number of thiophene rings is 1. The van der Waals surface area contributed by atoms with Gasteiger partial charge in [-0.3, -0.25) is 0 Å². The minimum atomic E-state index is 0.830. The van der Waals surface area contributed by atoms with Crippen LogP contribution in [-0.4, -0.2) is 6.26 Å². The van der Waals surface area contributed by atoms with Crippen LogP contribution in [0.15, 0.2) is 26.9 Å². The van der Waals surface area contributed by atoms with Crippen molar-refractivity contribution in [2.45, 2.75) is 4.90 Å². The lowest BCUT2D eigenvalue weighted by Gasteiger charge is -2.01. The second-order valence-electron chi connectivity index (χ2n) is 2.68. The highest BCUT2D eigenvalue weighted by Crippen LogP contribution is 2.37. The molecule has 1 heterocycles. The summed E-state index contributed by atoms with van der Waals surface area (Å²) in [5.74, 6) is 0. The lowest BCUT2D eigenvalue weighted by Crippen LogP contribution is -1.84. The van der Waals surface area contributed by atoms with Crippen LogP contribution in [0.1, 0.15) is 0 Å². The van der Waals surface area contributed by atoms with E-state index in [0.717, 1.165) is 10.2 Å². The Morgan fingerprint density at radius 3 is 2.92 bits per heavy atom. The molecule has 0 aliphatic heterocycles. The van der Waals surface area contributed by atoms with E-state index in [1.165, 1.54) is 15.0 Å². The first-order valence-electron chi connectivity index (χ1n) is 3.72. The first-order valence-corrected chi connectivity index (χ1v) is 6.62. The monoisotopic (exact) mass is 273 g/mol. The van der Waals surface area contributed by atoms with Gasteiger partial charge >= 0.3 is 0 Å². The second kappa shape index (κ2) is 3.52. The van der Waals surface area contributed by atoms with E-state index in [0.29, 0.717) is 0 Å². The molecule has 0 aliphatic carbocycles. The van der Waals surface area contributed by atoms with Gasteiger partial charge in [-0.2, -0.15) is 0 Å². The second-order valence-corrected chi connectivity index (χ2v) is 5.27. The topological polar surface area (TPSA) is 26.0 Å². The van der Waals surface area contributed by atoms with Crippen LogP contribution in [0.25, 0.3) is 10.1 Å². The minimum absolute atomic E-state index is 0.830. The number of hydrogen-bond donors (Lipinski definition) is 1. The van der Waals surface area contributed by atoms with Crippen LogP contribution in [0.3, 0.4) is 0 Å². The number of anilines is 1. The number of fused-ring (bicyclic) bond motifs is 1. The zero-order chi connectivity index (χ0) is 9.42. The van der Waals surface area contributed by atoms with Crippen LogP contribution in [0, 0.1) is 0 Å². The van der Waals surface area contributed by atoms with Crippen molar-refractivity contribution in [2.75, 3.05) is 12.0 Å². The highest BCUT2D eigenvalue weighted by atomic mass is 79.9. The van der Waals surface area contributed by atoms with E-state index >= 15 is 0 Å². The van der Waals surface area contributed by atoms with Gasteiger partial charge in [-0.15, -0.1) is 23.1 Å². The predicted octanol–water partition coefficient (Wildman–Crippen LogP) is 3.97. The molecule has 0 spiro atoms. The van der Waals surface area contributed by atoms with Gasteiger partial charge in [0.05, 0.1) is 0 Å². The molecule has 2 N–H and O–H groups in total. The van der Waals surface area contributed by atoms with Crippen LogP contribution in [0.5, 0.6) is 0 Å². The molecular weight excluding hydrogens is 266 g/mol. The molecule has 13 heavy (non-hydrogen) atoms. The zero-order valence-electron chi connectivity index (χ0n) is 7.00. The van der Waals surface area contributed by atoms with Crippen molar-refractivity contribution in [1.82, 2.24) is 0 Å². The lowest BCUT2D eigenvalue weighted by molar-refractivity contribution is 1.58. The lowest BCUT2D eigenvalue weighted by atomic mass is 10.2. The van der Waals surface area contributed by atoms with E-state index in [2.05, 4.69) is 27.6 Å². The summed E-state index contributed by atoms with van der Waals surface area (Å²) in [5, 5.41) is 3.32. The molecule has 68 valence electrons. The highest BCUT2D eigenvalue weighted by molar-refractivity contribution is 9.10. The van der Waals surface area contributed by atoms with Crippen molar-refractivity contribution >= 4 is 54.8 Å². The molecular formula is C9H8BrNS2. The largest absolute Gasteiger partial charge is 0.399 e. The number of thioether (sulfide) groups is 1. The maximum absolute atomic E-state index is 5.80. The summed E-state index contributed by atoms with van der Waals surface area (Å²) in [4.78, 5) is 1.26. The number of halogens is 1. The maximum atomic E-state index is 5.80. The van der Waals surface area contributed by atoms with Gasteiger partial charge in [0, 0.05) is 30.5 Å². The fourth-order valence-corrected chi connectivity index (χ4v) is 3.74. The first-order chi connectivity index (χ1) is 6.22. The van der Waals surface area contributed by atoms with Crippen LogP contribution >= 0.6 is 39.0 Å². The van der Waals surface area contributed by atoms with Gasteiger partial charge < -0.3 is 5.73 Å². The molecule has 4 heteroatoms. The fourth-order valence-electron chi connectivity index (χ4n) is 1.25. The summed E-state index contributed by atoms with van der Waals surface area (Å²) in [6.07, 6.45) is 2.07. The smallest absolute Gasteiger partial charge is 0.0491 e. The molecule has 0 bridgehead atoms. The molecule has 2 aromatic rings. The average molecular weight is 274 g/mol. The molecule has 0 radical (unpaired) electrons. The van der Waals surface area contributed by atoms with Gasteiger partial charge in [0.15, 0.2) is 0 Å². The van der Waals surface area contributed by atoms with Crippen molar-refractivity contribution in [3.05, 3.63) is 22.0 Å². The molecule has 0 atom stereocenters. The van der Waals surface area contributed by atoms with E-state index in [9.17, 15) is 0 Å². The average Bonchev–Trinajstić information content (AvgIpc) is 2.47. The fraction of sp³-hybridized carbons (Fsp3) is 0.111. The molecule has 0 unspecified atom stereocenters. The maximum Gasteiger partial charge on any atom is 0.0491 e. The van der Waals surface area contributed by atoms with Crippen molar-refractivity contribution in [2.24, 2.45) is 0 Å². The summed E-state index contributed by atoms with van der Waals surface area (Å²) in [7, 11) is 0. The zero-order valence-corrected chi connectivity index (χ0v) is 10.2. The van der Waals surface area contributed by atoms with Gasteiger partial charge in [-0.1, -0.05) is 0 Å². The summed E-state index contributed by atoms with van der Waals surface area (Å²) in [6.45, 7) is 0. The molecule has 1 aromatic heterocycles. The normalized spacial score (nSPS) is 10.9. The van der Waals surface area contributed by atoms with E-state index < -0.39 is 0 Å². The van der Waals surface area contributed by atoms with Gasteiger partial charge in [0.2, 0.25) is 0 Å². The summed E-state index contributed by atoms with van der Waals surface area (Å²) >= 11 is 7.00. The van der Waals surface area contributed by atoms with Crippen LogP contribution in [0.4, 0.5) is 5.69 Å². The van der Waals surface area contributed by atoms with E-state index in [1.807, 2.05) is 12.1 Å². The Kier molecular flexibility index (Phi) is 2.53. The van der Waals surface area contributed by atoms with Gasteiger partial charge in [-0.25, -0.2) is 0 Å². The molecule has 2 rings (SSSR count). The van der Waals surface area contributed by atoms with Gasteiger partial charge in [0.25, 0.3) is 0 Å². The van der Waals surface area contributed by atoms with Gasteiger partial charge in [-0.05, 0) is 34.3 Å². The third-order valence-corrected chi connectivity index (χ3v) is 4.71. The SMILES string of the molecule is CSc1cc(N)cc2c(Br)csc12. The summed E-state index contributed by atoms with van der Waals surface area (Å²) in [6, 6.07) is 4.03. The molecule has 0 amide bonds. The number of nitrogens with two attached hydrogens (primary N) is 1. The molecule has 1 nitrogen and oxygen atoms in total. The Bertz CT molecular complexity index is 450. The van der Waals surface area contributed by atoms with Crippen LogP contribution < -0.4 is 5.73 Å². The van der Waals surface area contributed by atoms with Crippen LogP contribution in [0.2, 0.25) is 0 Å². The Morgan fingerprint density at radius 1 is 1.46 bits per heavy atom. The Labute approximate surface area is 93.4 Å². The minimum Gasteiger partial charge on any atom is -0.399 e. The number of rotatable bonds is 1. The van der Waals surface area contributed by atoms with Crippen LogP contribution in [-0.2, 0) is 0 Å². The first kappa shape index (κ1) is 9.37. The van der Waals surface area contributed by atoms with Crippen molar-refractivity contribution < 1.29 is 0 Å². The number of hydrogen-bond acceptors (Lipinski definition) is 3. The van der Waals surface area contributed by atoms with E-state index in [-0.39, 0.29) is 0 Å². The Morgan fingerprint density at radius 2 is 2.23 bits per heavy atom.